The molecule has 20 heteroatoms. The molecular formula is C12H16N4O16. The minimum Gasteiger partial charge on any atom is -0.508 e. The number of aromatic hydroxyl groups is 4. The molecule has 0 saturated heterocycles. The zero-order valence-corrected chi connectivity index (χ0v) is 15.3. The Morgan fingerprint density at radius 1 is 0.469 bits per heavy atom. The minimum absolute atomic E-state index is 0.0880. The molecule has 20 nitrogen and oxygen atoms in total. The molecule has 0 aliphatic rings. The van der Waals surface area contributed by atoms with E-state index in [9.17, 15) is 0 Å². The summed E-state index contributed by atoms with van der Waals surface area (Å²) in [6.45, 7) is 0. The van der Waals surface area contributed by atoms with E-state index < -0.39 is 20.3 Å². The third kappa shape index (κ3) is 64.4. The molecule has 0 atom stereocenters. The Morgan fingerprint density at radius 3 is 0.656 bits per heavy atom. The van der Waals surface area contributed by atoms with Gasteiger partial charge in [0.25, 0.3) is 20.3 Å². The molecule has 8 N–H and O–H groups in total. The predicted molar refractivity (Wildman–Crippen MR) is 94.7 cm³/mol. The smallest absolute Gasteiger partial charge is 0.291 e. The maximum atomic E-state index is 8.65. The first kappa shape index (κ1) is 34.0. The van der Waals surface area contributed by atoms with Crippen LogP contribution in [-0.4, -0.2) is 61.6 Å². The largest absolute Gasteiger partial charge is 0.508 e. The average molecular weight is 472 g/mol. The molecule has 2 aromatic carbocycles. The van der Waals surface area contributed by atoms with Crippen LogP contribution in [0.2, 0.25) is 0 Å². The number of phenolic OH excluding ortho intramolecular Hbond substituents is 4. The molecule has 0 heterocycles. The Kier molecular flexibility index (Phi) is 23.1. The lowest BCUT2D eigenvalue weighted by molar-refractivity contribution is -0.742. The molecule has 0 saturated carbocycles. The van der Waals surface area contributed by atoms with E-state index in [4.69, 9.17) is 81.7 Å². The SMILES string of the molecule is O=[N+]([O-])O.O=[N+]([O-])O.O=[N+]([O-])O.O=[N+]([O-])O.Oc1cccc(O)c1.Oc1cccc(O)c1. The molecule has 180 valence electrons. The Hall–Kier alpha value is -5.56. The standard InChI is InChI=1S/2C6H6O2.4HNO3/c2*7-5-2-1-3-6(8)4-5;4*2-1(3)4/h2*1-4,7-8H;4*(H,2,3,4). The van der Waals surface area contributed by atoms with Crippen LogP contribution < -0.4 is 0 Å². The highest BCUT2D eigenvalue weighted by molar-refractivity contribution is 5.30. The summed E-state index contributed by atoms with van der Waals surface area (Å²) < 4.78 is 0. The van der Waals surface area contributed by atoms with E-state index in [1.54, 1.807) is 12.1 Å². The molecule has 0 radical (unpaired) electrons. The number of nitrogens with zero attached hydrogens (tertiary/aromatic N) is 4. The monoisotopic (exact) mass is 472 g/mol. The van der Waals surface area contributed by atoms with Gasteiger partial charge >= 0.3 is 0 Å². The van der Waals surface area contributed by atoms with Gasteiger partial charge in [-0.2, -0.15) is 0 Å². The van der Waals surface area contributed by atoms with E-state index in [0.29, 0.717) is 0 Å². The van der Waals surface area contributed by atoms with Gasteiger partial charge in [-0.3, -0.25) is 0 Å². The van der Waals surface area contributed by atoms with Crippen LogP contribution >= 0.6 is 0 Å². The zero-order chi connectivity index (χ0) is 26.3. The first-order valence-electron chi connectivity index (χ1n) is 6.80. The van der Waals surface area contributed by atoms with Crippen molar-refractivity contribution in [2.75, 3.05) is 0 Å². The number of hydrogen-bond acceptors (Lipinski definition) is 12. The van der Waals surface area contributed by atoms with Crippen molar-refractivity contribution >= 4 is 0 Å². The van der Waals surface area contributed by atoms with E-state index in [1.165, 1.54) is 36.4 Å². The van der Waals surface area contributed by atoms with Gasteiger partial charge in [0, 0.05) is 12.1 Å². The fraction of sp³-hybridized carbons (Fsp3) is 0. The summed E-state index contributed by atoms with van der Waals surface area (Å²) >= 11 is 0. The van der Waals surface area contributed by atoms with E-state index in [2.05, 4.69) is 0 Å². The summed E-state index contributed by atoms with van der Waals surface area (Å²) in [5.74, 6) is 0.352. The summed E-state index contributed by atoms with van der Waals surface area (Å²) in [6, 6.07) is 11.7. The van der Waals surface area contributed by atoms with Crippen molar-refractivity contribution in [1.82, 2.24) is 0 Å². The van der Waals surface area contributed by atoms with Gasteiger partial charge in [0.2, 0.25) is 0 Å². The van der Waals surface area contributed by atoms with E-state index >= 15 is 0 Å². The molecule has 0 bridgehead atoms. The molecule has 32 heavy (non-hydrogen) atoms. The summed E-state index contributed by atoms with van der Waals surface area (Å²) in [4.78, 5) is 33.4. The van der Waals surface area contributed by atoms with Crippen LogP contribution in [0, 0.1) is 40.5 Å². The fourth-order valence-electron chi connectivity index (χ4n) is 0.986. The Bertz CT molecular complexity index is 675. The van der Waals surface area contributed by atoms with Crippen molar-refractivity contribution in [2.24, 2.45) is 0 Å². The van der Waals surface area contributed by atoms with Gasteiger partial charge in [-0.15, -0.1) is 40.5 Å². The Balaban J connectivity index is -0.000000153. The van der Waals surface area contributed by atoms with Crippen LogP contribution in [-0.2, 0) is 0 Å². The molecule has 2 aromatic rings. The molecule has 0 amide bonds. The summed E-state index contributed by atoms with van der Waals surface area (Å²) in [5.41, 5.74) is 0. The second kappa shape index (κ2) is 21.7. The lowest BCUT2D eigenvalue weighted by Gasteiger charge is -1.89. The summed E-state index contributed by atoms with van der Waals surface area (Å²) in [5, 5.41) is 89.2. The second-order valence-corrected chi connectivity index (χ2v) is 3.99. The molecule has 0 aliphatic carbocycles. The normalized spacial score (nSPS) is 7.50. The fourth-order valence-corrected chi connectivity index (χ4v) is 0.986. The van der Waals surface area contributed by atoms with Crippen molar-refractivity contribution in [1.29, 1.82) is 0 Å². The molecule has 0 unspecified atom stereocenters. The van der Waals surface area contributed by atoms with Crippen molar-refractivity contribution in [3.8, 4) is 23.0 Å². The van der Waals surface area contributed by atoms with Gasteiger partial charge in [0.1, 0.15) is 23.0 Å². The topological polar surface area (TPSA) is 334 Å². The van der Waals surface area contributed by atoms with Gasteiger partial charge in [-0.1, -0.05) is 12.1 Å². The molecule has 0 fully saturated rings. The zero-order valence-electron chi connectivity index (χ0n) is 15.3. The number of rotatable bonds is 0. The highest BCUT2D eigenvalue weighted by Crippen LogP contribution is 2.15. The lowest BCUT2D eigenvalue weighted by atomic mass is 10.3. The second-order valence-electron chi connectivity index (χ2n) is 3.99. The van der Waals surface area contributed by atoms with Crippen LogP contribution in [0.4, 0.5) is 0 Å². The first-order chi connectivity index (χ1) is 14.5. The van der Waals surface area contributed by atoms with Crippen LogP contribution in [0.15, 0.2) is 48.5 Å². The van der Waals surface area contributed by atoms with Crippen molar-refractivity contribution in [3.05, 3.63) is 89.0 Å². The molecule has 0 aromatic heterocycles. The van der Waals surface area contributed by atoms with Crippen molar-refractivity contribution < 1.29 is 61.6 Å². The van der Waals surface area contributed by atoms with Gasteiger partial charge in [-0.25, -0.2) is 0 Å². The average Bonchev–Trinajstić information content (AvgIpc) is 2.52. The summed E-state index contributed by atoms with van der Waals surface area (Å²) in [6.07, 6.45) is 0. The highest BCUT2D eigenvalue weighted by atomic mass is 16.9. The van der Waals surface area contributed by atoms with Gasteiger partial charge in [0.15, 0.2) is 0 Å². The van der Waals surface area contributed by atoms with Gasteiger partial charge in [-0.05, 0) is 24.3 Å². The maximum absolute atomic E-state index is 8.65. The molecule has 0 spiro atoms. The van der Waals surface area contributed by atoms with Crippen LogP contribution in [0.3, 0.4) is 0 Å². The minimum atomic E-state index is -1.50. The van der Waals surface area contributed by atoms with Crippen LogP contribution in [0.25, 0.3) is 0 Å². The number of phenols is 4. The van der Waals surface area contributed by atoms with Gasteiger partial charge in [0.05, 0.1) is 0 Å². The van der Waals surface area contributed by atoms with E-state index in [0.717, 1.165) is 0 Å². The lowest BCUT2D eigenvalue weighted by Crippen LogP contribution is -1.81. The number of benzene rings is 2. The van der Waals surface area contributed by atoms with Gasteiger partial charge < -0.3 is 41.3 Å². The van der Waals surface area contributed by atoms with Crippen LogP contribution in [0.1, 0.15) is 0 Å². The number of hydrogen-bond donors (Lipinski definition) is 8. The molecular weight excluding hydrogens is 456 g/mol. The van der Waals surface area contributed by atoms with E-state index in [1.807, 2.05) is 0 Å². The van der Waals surface area contributed by atoms with Crippen LogP contribution in [0.5, 0.6) is 23.0 Å². The first-order valence-corrected chi connectivity index (χ1v) is 6.80. The Morgan fingerprint density at radius 2 is 0.594 bits per heavy atom. The molecule has 0 aliphatic heterocycles. The maximum Gasteiger partial charge on any atom is 0.291 e. The summed E-state index contributed by atoms with van der Waals surface area (Å²) in [7, 11) is 0. The highest BCUT2D eigenvalue weighted by Gasteiger charge is 1.86. The predicted octanol–water partition coefficient (Wildman–Crippen LogP) is 0.805. The van der Waals surface area contributed by atoms with Crippen molar-refractivity contribution in [2.45, 2.75) is 0 Å². The third-order valence-electron chi connectivity index (χ3n) is 1.66. The molecule has 2 rings (SSSR count). The van der Waals surface area contributed by atoms with Crippen molar-refractivity contribution in [3.63, 3.8) is 0 Å². The van der Waals surface area contributed by atoms with E-state index in [-0.39, 0.29) is 23.0 Å². The Labute approximate surface area is 174 Å². The third-order valence-corrected chi connectivity index (χ3v) is 1.66. The quantitative estimate of drug-likeness (QED) is 0.194.